The molecule has 0 aromatic carbocycles. The summed E-state index contributed by atoms with van der Waals surface area (Å²) in [6.45, 7) is 0.133. The van der Waals surface area contributed by atoms with Crippen LogP contribution in [0.3, 0.4) is 0 Å². The van der Waals surface area contributed by atoms with Gasteiger partial charge in [0.25, 0.3) is 0 Å². The third-order valence-corrected chi connectivity index (χ3v) is 1.35. The predicted molar refractivity (Wildman–Crippen MR) is 45.1 cm³/mol. The molecule has 72 valence electrons. The summed E-state index contributed by atoms with van der Waals surface area (Å²) in [6.07, 6.45) is 1.43. The van der Waals surface area contributed by atoms with E-state index in [1.165, 1.54) is 10.9 Å². The molecule has 0 aliphatic carbocycles. The lowest BCUT2D eigenvalue weighted by Gasteiger charge is -2.04. The lowest BCUT2D eigenvalue weighted by Crippen LogP contribution is -2.31. The second kappa shape index (κ2) is 4.41. The Balaban J connectivity index is 2.41. The molecule has 0 saturated heterocycles. The van der Waals surface area contributed by atoms with Crippen molar-refractivity contribution < 1.29 is 9.90 Å². The zero-order valence-corrected chi connectivity index (χ0v) is 7.19. The highest BCUT2D eigenvalue weighted by Gasteiger charge is 2.03. The molecule has 1 aromatic rings. The first kappa shape index (κ1) is 9.46. The van der Waals surface area contributed by atoms with Crippen LogP contribution in [-0.2, 0) is 7.05 Å². The molecule has 0 spiro atoms. The van der Waals surface area contributed by atoms with Gasteiger partial charge in [-0.15, -0.1) is 5.10 Å². The number of amides is 2. The van der Waals surface area contributed by atoms with Gasteiger partial charge in [-0.1, -0.05) is 5.21 Å². The molecule has 7 nitrogen and oxygen atoms in total. The van der Waals surface area contributed by atoms with Crippen LogP contribution in [0.25, 0.3) is 0 Å². The smallest absolute Gasteiger partial charge is 0.320 e. The van der Waals surface area contributed by atoms with Gasteiger partial charge in [0.2, 0.25) is 0 Å². The molecule has 0 bridgehead atoms. The Morgan fingerprint density at radius 1 is 1.77 bits per heavy atom. The van der Waals surface area contributed by atoms with E-state index < -0.39 is 0 Å². The number of carbonyl (C=O) groups excluding carboxylic acids is 1. The van der Waals surface area contributed by atoms with E-state index in [2.05, 4.69) is 20.9 Å². The molecule has 0 fully saturated rings. The molecular formula is C6H11N5O2. The second-order valence-electron chi connectivity index (χ2n) is 2.35. The zero-order chi connectivity index (χ0) is 9.68. The van der Waals surface area contributed by atoms with Gasteiger partial charge in [0.05, 0.1) is 12.8 Å². The zero-order valence-electron chi connectivity index (χ0n) is 7.19. The number of rotatable bonds is 3. The topological polar surface area (TPSA) is 92.1 Å². The minimum Gasteiger partial charge on any atom is -0.395 e. The van der Waals surface area contributed by atoms with Crippen molar-refractivity contribution in [1.82, 2.24) is 20.3 Å². The molecule has 0 atom stereocenters. The van der Waals surface area contributed by atoms with E-state index in [1.54, 1.807) is 7.05 Å². The number of urea groups is 1. The van der Waals surface area contributed by atoms with Crippen LogP contribution in [0.15, 0.2) is 6.20 Å². The molecule has 0 aliphatic heterocycles. The predicted octanol–water partition coefficient (Wildman–Crippen LogP) is -1.07. The number of nitrogens with one attached hydrogen (secondary N) is 2. The van der Waals surface area contributed by atoms with Crippen LogP contribution in [0, 0.1) is 0 Å². The maximum Gasteiger partial charge on any atom is 0.320 e. The molecule has 1 heterocycles. The minimum absolute atomic E-state index is 0.0863. The van der Waals surface area contributed by atoms with Gasteiger partial charge in [-0.05, 0) is 0 Å². The largest absolute Gasteiger partial charge is 0.395 e. The van der Waals surface area contributed by atoms with Gasteiger partial charge in [0, 0.05) is 13.6 Å². The molecule has 13 heavy (non-hydrogen) atoms. The lowest BCUT2D eigenvalue weighted by atomic mass is 10.6. The maximum absolute atomic E-state index is 11.0. The highest BCUT2D eigenvalue weighted by molar-refractivity contribution is 5.88. The molecular weight excluding hydrogens is 174 g/mol. The summed E-state index contributed by atoms with van der Waals surface area (Å²) in [5, 5.41) is 20.6. The highest BCUT2D eigenvalue weighted by atomic mass is 16.3. The van der Waals surface area contributed by atoms with Crippen LogP contribution >= 0.6 is 0 Å². The number of aliphatic hydroxyl groups excluding tert-OH is 1. The standard InChI is InChI=1S/C6H11N5O2/c1-11-5(4-8-10-11)9-6(13)7-2-3-12/h4,12H,2-3H2,1H3,(H2,7,9,13). The van der Waals surface area contributed by atoms with Gasteiger partial charge in [-0.2, -0.15) is 0 Å². The first-order valence-corrected chi connectivity index (χ1v) is 3.74. The van der Waals surface area contributed by atoms with Gasteiger partial charge >= 0.3 is 6.03 Å². The molecule has 2 amide bonds. The summed E-state index contributed by atoms with van der Waals surface area (Å²) in [6, 6.07) is -0.389. The Bertz CT molecular complexity index is 284. The van der Waals surface area contributed by atoms with Crippen molar-refractivity contribution in [2.45, 2.75) is 0 Å². The van der Waals surface area contributed by atoms with Gasteiger partial charge < -0.3 is 10.4 Å². The molecule has 1 rings (SSSR count). The molecule has 0 saturated carbocycles. The van der Waals surface area contributed by atoms with Crippen molar-refractivity contribution in [2.24, 2.45) is 7.05 Å². The average Bonchev–Trinajstić information content (AvgIpc) is 2.48. The van der Waals surface area contributed by atoms with Crippen LogP contribution in [0.4, 0.5) is 10.6 Å². The highest BCUT2D eigenvalue weighted by Crippen LogP contribution is 1.99. The van der Waals surface area contributed by atoms with E-state index in [1.807, 2.05) is 0 Å². The molecule has 0 radical (unpaired) electrons. The van der Waals surface area contributed by atoms with Crippen molar-refractivity contribution in [3.8, 4) is 0 Å². The first-order chi connectivity index (χ1) is 6.24. The van der Waals surface area contributed by atoms with Gasteiger partial charge in [-0.3, -0.25) is 5.32 Å². The lowest BCUT2D eigenvalue weighted by molar-refractivity contribution is 0.244. The Labute approximate surface area is 74.7 Å². The van der Waals surface area contributed by atoms with Crippen molar-refractivity contribution >= 4 is 11.8 Å². The molecule has 7 heteroatoms. The van der Waals surface area contributed by atoms with Crippen LogP contribution in [0.5, 0.6) is 0 Å². The van der Waals surface area contributed by atoms with Crippen LogP contribution in [0.1, 0.15) is 0 Å². The van der Waals surface area contributed by atoms with Crippen LogP contribution in [-0.4, -0.2) is 39.3 Å². The number of nitrogens with zero attached hydrogens (tertiary/aromatic N) is 3. The van der Waals surface area contributed by atoms with Crippen molar-refractivity contribution in [1.29, 1.82) is 0 Å². The number of aryl methyl sites for hydroxylation is 1. The summed E-state index contributed by atoms with van der Waals surface area (Å²) in [5.74, 6) is 0.496. The fraction of sp³-hybridized carbons (Fsp3) is 0.500. The van der Waals surface area contributed by atoms with E-state index >= 15 is 0 Å². The van der Waals surface area contributed by atoms with E-state index in [0.717, 1.165) is 0 Å². The summed E-state index contributed by atoms with van der Waals surface area (Å²) >= 11 is 0. The van der Waals surface area contributed by atoms with E-state index in [4.69, 9.17) is 5.11 Å². The quantitative estimate of drug-likeness (QED) is 0.559. The van der Waals surface area contributed by atoms with Gasteiger partial charge in [0.1, 0.15) is 0 Å². The van der Waals surface area contributed by atoms with E-state index in [-0.39, 0.29) is 19.2 Å². The number of hydrogen-bond donors (Lipinski definition) is 3. The van der Waals surface area contributed by atoms with Gasteiger partial charge in [0.15, 0.2) is 5.82 Å². The SMILES string of the molecule is Cn1nncc1NC(=O)NCCO. The Kier molecular flexibility index (Phi) is 3.21. The van der Waals surface area contributed by atoms with Crippen molar-refractivity contribution in [3.05, 3.63) is 6.20 Å². The van der Waals surface area contributed by atoms with Crippen molar-refractivity contribution in [3.63, 3.8) is 0 Å². The fourth-order valence-corrected chi connectivity index (χ4v) is 0.733. The molecule has 1 aromatic heterocycles. The normalized spacial score (nSPS) is 9.69. The van der Waals surface area contributed by atoms with Crippen LogP contribution in [0.2, 0.25) is 0 Å². The van der Waals surface area contributed by atoms with Crippen molar-refractivity contribution in [2.75, 3.05) is 18.5 Å². The summed E-state index contributed by atoms with van der Waals surface area (Å²) in [7, 11) is 1.66. The van der Waals surface area contributed by atoms with E-state index in [9.17, 15) is 4.79 Å². The maximum atomic E-state index is 11.0. The number of aromatic nitrogens is 3. The fourth-order valence-electron chi connectivity index (χ4n) is 0.733. The van der Waals surface area contributed by atoms with Gasteiger partial charge in [-0.25, -0.2) is 9.48 Å². The number of hydrogen-bond acceptors (Lipinski definition) is 4. The van der Waals surface area contributed by atoms with Crippen LogP contribution < -0.4 is 10.6 Å². The molecule has 0 aliphatic rings. The average molecular weight is 185 g/mol. The summed E-state index contributed by atoms with van der Waals surface area (Å²) in [5.41, 5.74) is 0. The third kappa shape index (κ3) is 2.71. The van der Waals surface area contributed by atoms with E-state index in [0.29, 0.717) is 5.82 Å². The summed E-state index contributed by atoms with van der Waals surface area (Å²) < 4.78 is 1.43. The Morgan fingerprint density at radius 3 is 3.08 bits per heavy atom. The summed E-state index contributed by atoms with van der Waals surface area (Å²) in [4.78, 5) is 11.0. The molecule has 0 unspecified atom stereocenters. The second-order valence-corrected chi connectivity index (χ2v) is 2.35. The number of anilines is 1. The Hall–Kier alpha value is -1.63. The monoisotopic (exact) mass is 185 g/mol. The Morgan fingerprint density at radius 2 is 2.54 bits per heavy atom. The minimum atomic E-state index is -0.389. The molecule has 3 N–H and O–H groups in total. The third-order valence-electron chi connectivity index (χ3n) is 1.35. The first-order valence-electron chi connectivity index (χ1n) is 3.74. The number of carbonyl (C=O) groups is 1. The number of aliphatic hydroxyl groups is 1.